The Balaban J connectivity index is 1.39. The summed E-state index contributed by atoms with van der Waals surface area (Å²) < 4.78 is 38.7. The molecule has 8 heteroatoms. The SMILES string of the molecule is O=C(c1cnc(C2CC2)nc1)N1CCN(c2cccc(C(F)(F)F)c2)CC1. The van der Waals surface area contributed by atoms with Crippen LogP contribution in [0.2, 0.25) is 0 Å². The van der Waals surface area contributed by atoms with Crippen LogP contribution in [-0.2, 0) is 6.18 Å². The van der Waals surface area contributed by atoms with E-state index >= 15 is 0 Å². The smallest absolute Gasteiger partial charge is 0.368 e. The largest absolute Gasteiger partial charge is 0.416 e. The number of benzene rings is 1. The van der Waals surface area contributed by atoms with Crippen LogP contribution in [0.5, 0.6) is 0 Å². The monoisotopic (exact) mass is 376 g/mol. The van der Waals surface area contributed by atoms with Gasteiger partial charge >= 0.3 is 6.18 Å². The van der Waals surface area contributed by atoms with Crippen molar-refractivity contribution >= 4 is 11.6 Å². The third-order valence-corrected chi connectivity index (χ3v) is 4.97. The molecule has 1 aliphatic carbocycles. The summed E-state index contributed by atoms with van der Waals surface area (Å²) in [6.07, 6.45) is 0.986. The highest BCUT2D eigenvalue weighted by Gasteiger charge is 2.31. The van der Waals surface area contributed by atoms with Crippen LogP contribution in [0.4, 0.5) is 18.9 Å². The highest BCUT2D eigenvalue weighted by Crippen LogP contribution is 2.37. The zero-order valence-corrected chi connectivity index (χ0v) is 14.6. The Morgan fingerprint density at radius 3 is 2.30 bits per heavy atom. The van der Waals surface area contributed by atoms with Gasteiger partial charge in [-0.2, -0.15) is 13.2 Å². The maximum Gasteiger partial charge on any atom is 0.416 e. The van der Waals surface area contributed by atoms with Crippen LogP contribution >= 0.6 is 0 Å². The van der Waals surface area contributed by atoms with Gasteiger partial charge in [-0.1, -0.05) is 6.07 Å². The Morgan fingerprint density at radius 1 is 1.04 bits per heavy atom. The number of carbonyl (C=O) groups is 1. The van der Waals surface area contributed by atoms with E-state index in [1.54, 1.807) is 23.4 Å². The van der Waals surface area contributed by atoms with Crippen LogP contribution in [0.15, 0.2) is 36.7 Å². The van der Waals surface area contributed by atoms with Crippen molar-refractivity contribution in [1.29, 1.82) is 0 Å². The molecule has 4 rings (SSSR count). The summed E-state index contributed by atoms with van der Waals surface area (Å²) in [6, 6.07) is 5.29. The molecular weight excluding hydrogens is 357 g/mol. The van der Waals surface area contributed by atoms with Crippen molar-refractivity contribution in [3.05, 3.63) is 53.6 Å². The molecule has 2 fully saturated rings. The number of halogens is 3. The van der Waals surface area contributed by atoms with Crippen LogP contribution in [0.3, 0.4) is 0 Å². The van der Waals surface area contributed by atoms with Gasteiger partial charge in [0.1, 0.15) is 5.82 Å². The van der Waals surface area contributed by atoms with E-state index in [9.17, 15) is 18.0 Å². The standard InChI is InChI=1S/C19H19F3N4O/c20-19(21,22)15-2-1-3-16(10-15)25-6-8-26(9-7-25)18(27)14-11-23-17(24-12-14)13-4-5-13/h1-3,10-13H,4-9H2. The second kappa shape index (κ2) is 6.83. The average molecular weight is 376 g/mol. The summed E-state index contributed by atoms with van der Waals surface area (Å²) in [5.41, 5.74) is 0.312. The Hall–Kier alpha value is -2.64. The zero-order valence-electron chi connectivity index (χ0n) is 14.6. The van der Waals surface area contributed by atoms with E-state index in [0.717, 1.165) is 30.8 Å². The van der Waals surface area contributed by atoms with Gasteiger partial charge in [-0.05, 0) is 31.0 Å². The van der Waals surface area contributed by atoms with E-state index < -0.39 is 11.7 Å². The molecule has 1 aromatic carbocycles. The number of hydrogen-bond donors (Lipinski definition) is 0. The second-order valence-corrected chi connectivity index (χ2v) is 6.93. The number of anilines is 1. The van der Waals surface area contributed by atoms with Crippen LogP contribution < -0.4 is 4.90 Å². The van der Waals surface area contributed by atoms with Gasteiger partial charge in [0.25, 0.3) is 5.91 Å². The minimum atomic E-state index is -4.36. The number of piperazine rings is 1. The van der Waals surface area contributed by atoms with Crippen molar-refractivity contribution in [3.63, 3.8) is 0 Å². The quantitative estimate of drug-likeness (QED) is 0.825. The summed E-state index contributed by atoms with van der Waals surface area (Å²) in [4.78, 5) is 24.7. The third kappa shape index (κ3) is 3.89. The fourth-order valence-corrected chi connectivity index (χ4v) is 3.23. The Morgan fingerprint density at radius 2 is 1.70 bits per heavy atom. The van der Waals surface area contributed by atoms with E-state index in [1.807, 2.05) is 4.90 Å². The molecule has 0 N–H and O–H groups in total. The van der Waals surface area contributed by atoms with Gasteiger partial charge in [0.15, 0.2) is 0 Å². The van der Waals surface area contributed by atoms with Gasteiger partial charge in [0.05, 0.1) is 11.1 Å². The molecule has 1 aliphatic heterocycles. The van der Waals surface area contributed by atoms with Gasteiger partial charge in [-0.15, -0.1) is 0 Å². The third-order valence-electron chi connectivity index (χ3n) is 4.97. The van der Waals surface area contributed by atoms with Crippen molar-refractivity contribution in [2.24, 2.45) is 0 Å². The highest BCUT2D eigenvalue weighted by atomic mass is 19.4. The van der Waals surface area contributed by atoms with E-state index in [4.69, 9.17) is 0 Å². The number of alkyl halides is 3. The first-order valence-electron chi connectivity index (χ1n) is 8.95. The highest BCUT2D eigenvalue weighted by molar-refractivity contribution is 5.93. The topological polar surface area (TPSA) is 49.3 Å². The molecule has 1 aromatic heterocycles. The molecule has 142 valence electrons. The van der Waals surface area contributed by atoms with Crippen LogP contribution in [-0.4, -0.2) is 47.0 Å². The molecule has 0 unspecified atom stereocenters. The van der Waals surface area contributed by atoms with Crippen molar-refractivity contribution in [2.45, 2.75) is 24.9 Å². The van der Waals surface area contributed by atoms with Gasteiger partial charge in [-0.3, -0.25) is 4.79 Å². The van der Waals surface area contributed by atoms with Crippen molar-refractivity contribution in [2.75, 3.05) is 31.1 Å². The first-order valence-corrected chi connectivity index (χ1v) is 8.95. The zero-order chi connectivity index (χ0) is 19.0. The summed E-state index contributed by atoms with van der Waals surface area (Å²) in [5, 5.41) is 0. The summed E-state index contributed by atoms with van der Waals surface area (Å²) in [7, 11) is 0. The molecule has 1 amide bonds. The summed E-state index contributed by atoms with van der Waals surface area (Å²) in [6.45, 7) is 1.85. The normalized spacial score (nSPS) is 17.9. The van der Waals surface area contributed by atoms with E-state index in [2.05, 4.69) is 9.97 Å². The van der Waals surface area contributed by atoms with Gasteiger partial charge in [0, 0.05) is 50.2 Å². The molecule has 2 aromatic rings. The molecular formula is C19H19F3N4O. The lowest BCUT2D eigenvalue weighted by molar-refractivity contribution is -0.137. The van der Waals surface area contributed by atoms with Crippen molar-refractivity contribution < 1.29 is 18.0 Å². The fraction of sp³-hybridized carbons (Fsp3) is 0.421. The lowest BCUT2D eigenvalue weighted by atomic mass is 10.1. The number of rotatable bonds is 3. The molecule has 5 nitrogen and oxygen atoms in total. The first kappa shape index (κ1) is 17.8. The van der Waals surface area contributed by atoms with Gasteiger partial charge < -0.3 is 9.80 Å². The fourth-order valence-electron chi connectivity index (χ4n) is 3.23. The number of aromatic nitrogens is 2. The average Bonchev–Trinajstić information content (AvgIpc) is 3.52. The van der Waals surface area contributed by atoms with Crippen LogP contribution in [0.1, 0.15) is 40.5 Å². The number of nitrogens with zero attached hydrogens (tertiary/aromatic N) is 4. The Labute approximate surface area is 154 Å². The molecule has 0 bridgehead atoms. The molecule has 27 heavy (non-hydrogen) atoms. The Bertz CT molecular complexity index is 826. The maximum atomic E-state index is 12.9. The van der Waals surface area contributed by atoms with Crippen LogP contribution in [0.25, 0.3) is 0 Å². The van der Waals surface area contributed by atoms with Crippen LogP contribution in [0, 0.1) is 0 Å². The molecule has 2 heterocycles. The number of amides is 1. The molecule has 0 spiro atoms. The maximum absolute atomic E-state index is 12.9. The first-order chi connectivity index (χ1) is 12.9. The number of carbonyl (C=O) groups excluding carboxylic acids is 1. The van der Waals surface area contributed by atoms with Crippen molar-refractivity contribution in [3.8, 4) is 0 Å². The lowest BCUT2D eigenvalue weighted by Crippen LogP contribution is -2.48. The molecule has 0 radical (unpaired) electrons. The Kier molecular flexibility index (Phi) is 4.49. The summed E-state index contributed by atoms with van der Waals surface area (Å²) >= 11 is 0. The van der Waals surface area contributed by atoms with E-state index in [1.165, 1.54) is 6.07 Å². The van der Waals surface area contributed by atoms with Crippen molar-refractivity contribution in [1.82, 2.24) is 14.9 Å². The number of hydrogen-bond acceptors (Lipinski definition) is 4. The summed E-state index contributed by atoms with van der Waals surface area (Å²) in [5.74, 6) is 1.09. The van der Waals surface area contributed by atoms with E-state index in [0.29, 0.717) is 43.3 Å². The van der Waals surface area contributed by atoms with E-state index in [-0.39, 0.29) is 5.91 Å². The second-order valence-electron chi connectivity index (χ2n) is 6.93. The molecule has 0 atom stereocenters. The van der Waals surface area contributed by atoms with Gasteiger partial charge in [0.2, 0.25) is 0 Å². The predicted molar refractivity (Wildman–Crippen MR) is 93.6 cm³/mol. The van der Waals surface area contributed by atoms with Gasteiger partial charge in [-0.25, -0.2) is 9.97 Å². The minimum absolute atomic E-state index is 0.138. The molecule has 2 aliphatic rings. The minimum Gasteiger partial charge on any atom is -0.368 e. The lowest BCUT2D eigenvalue weighted by Gasteiger charge is -2.36. The molecule has 1 saturated carbocycles. The molecule has 1 saturated heterocycles. The predicted octanol–water partition coefficient (Wildman–Crippen LogP) is 3.34.